The number of fused-ring (bicyclic) bond motifs is 4. The van der Waals surface area contributed by atoms with Crippen LogP contribution in [0.5, 0.6) is 0 Å². The molecule has 25 heavy (non-hydrogen) atoms. The van der Waals surface area contributed by atoms with E-state index < -0.39 is 0 Å². The van der Waals surface area contributed by atoms with Crippen LogP contribution in [-0.4, -0.2) is 14.4 Å². The standard InChI is InChI=1S/C20H15N3S2/c1-12-11-23-16(13(2)21-20(23)24-12)8-10-18-22-19-15-6-4-3-5-14(15)7-9-17(19)25-18/h3-11H,1-2H3/b10-8+. The summed E-state index contributed by atoms with van der Waals surface area (Å²) in [5.41, 5.74) is 3.27. The smallest absolute Gasteiger partial charge is 0.194 e. The third kappa shape index (κ3) is 2.39. The predicted molar refractivity (Wildman–Crippen MR) is 109 cm³/mol. The number of aromatic nitrogens is 3. The fourth-order valence-electron chi connectivity index (χ4n) is 3.18. The van der Waals surface area contributed by atoms with Crippen LogP contribution in [-0.2, 0) is 0 Å². The van der Waals surface area contributed by atoms with Crippen molar-refractivity contribution in [2.24, 2.45) is 0 Å². The van der Waals surface area contributed by atoms with Crippen LogP contribution in [0.1, 0.15) is 21.3 Å². The summed E-state index contributed by atoms with van der Waals surface area (Å²) in [6, 6.07) is 12.7. The Kier molecular flexibility index (Phi) is 3.26. The average Bonchev–Trinajstić information content (AvgIpc) is 3.25. The Labute approximate surface area is 152 Å². The first-order valence-corrected chi connectivity index (χ1v) is 9.74. The fourth-order valence-corrected chi connectivity index (χ4v) is 4.95. The highest BCUT2D eigenvalue weighted by Gasteiger charge is 2.09. The second-order valence-electron chi connectivity index (χ2n) is 6.10. The van der Waals surface area contributed by atoms with Crippen LogP contribution in [0.15, 0.2) is 42.6 Å². The number of hydrogen-bond acceptors (Lipinski definition) is 4. The molecule has 0 saturated carbocycles. The van der Waals surface area contributed by atoms with Crippen LogP contribution < -0.4 is 0 Å². The van der Waals surface area contributed by atoms with Gasteiger partial charge < -0.3 is 0 Å². The van der Waals surface area contributed by atoms with Crippen LogP contribution in [0, 0.1) is 13.8 Å². The zero-order valence-corrected chi connectivity index (χ0v) is 15.5. The summed E-state index contributed by atoms with van der Waals surface area (Å²) >= 11 is 3.44. The van der Waals surface area contributed by atoms with E-state index in [9.17, 15) is 0 Å². The molecule has 0 aliphatic carbocycles. The van der Waals surface area contributed by atoms with Crippen molar-refractivity contribution in [1.82, 2.24) is 14.4 Å². The maximum Gasteiger partial charge on any atom is 0.194 e. The van der Waals surface area contributed by atoms with Gasteiger partial charge in [-0.15, -0.1) is 22.7 Å². The van der Waals surface area contributed by atoms with Crippen LogP contribution >= 0.6 is 22.7 Å². The SMILES string of the molecule is Cc1cn2c(/C=C/c3nc4c(ccc5ccccc54)s3)c(C)nc2s1. The van der Waals surface area contributed by atoms with Crippen LogP contribution in [0.2, 0.25) is 0 Å². The molecule has 122 valence electrons. The van der Waals surface area contributed by atoms with Gasteiger partial charge in [-0.25, -0.2) is 9.97 Å². The molecule has 0 saturated heterocycles. The van der Waals surface area contributed by atoms with Crippen LogP contribution in [0.25, 0.3) is 38.1 Å². The largest absolute Gasteiger partial charge is 0.290 e. The summed E-state index contributed by atoms with van der Waals surface area (Å²) < 4.78 is 3.38. The Hall–Kier alpha value is -2.50. The zero-order chi connectivity index (χ0) is 17.0. The first kappa shape index (κ1) is 14.8. The Morgan fingerprint density at radius 3 is 2.76 bits per heavy atom. The Balaban J connectivity index is 1.62. The molecule has 3 nitrogen and oxygen atoms in total. The molecule has 5 heteroatoms. The number of nitrogens with zero attached hydrogens (tertiary/aromatic N) is 3. The van der Waals surface area contributed by atoms with Gasteiger partial charge in [-0.05, 0) is 37.5 Å². The zero-order valence-electron chi connectivity index (χ0n) is 13.9. The van der Waals surface area contributed by atoms with Gasteiger partial charge in [0.2, 0.25) is 0 Å². The molecule has 3 aromatic heterocycles. The summed E-state index contributed by atoms with van der Waals surface area (Å²) in [7, 11) is 0. The van der Waals surface area contributed by atoms with Gasteiger partial charge in [-0.2, -0.15) is 0 Å². The van der Waals surface area contributed by atoms with Crippen molar-refractivity contribution in [2.45, 2.75) is 13.8 Å². The molecule has 3 heterocycles. The van der Waals surface area contributed by atoms with Gasteiger partial charge >= 0.3 is 0 Å². The molecule has 0 radical (unpaired) electrons. The molecule has 2 aromatic carbocycles. The molecule has 0 aliphatic heterocycles. The van der Waals surface area contributed by atoms with E-state index in [-0.39, 0.29) is 0 Å². The van der Waals surface area contributed by atoms with Gasteiger partial charge in [0.05, 0.1) is 21.6 Å². The van der Waals surface area contributed by atoms with Gasteiger partial charge in [0, 0.05) is 16.5 Å². The third-order valence-electron chi connectivity index (χ3n) is 4.35. The monoisotopic (exact) mass is 361 g/mol. The molecule has 0 spiro atoms. The van der Waals surface area contributed by atoms with E-state index in [0.29, 0.717) is 0 Å². The molecule has 0 fully saturated rings. The third-order valence-corrected chi connectivity index (χ3v) is 6.23. The van der Waals surface area contributed by atoms with Crippen molar-refractivity contribution >= 4 is 60.8 Å². The molecule has 5 aromatic rings. The lowest BCUT2D eigenvalue weighted by molar-refractivity contribution is 1.18. The fraction of sp³-hybridized carbons (Fsp3) is 0.100. The van der Waals surface area contributed by atoms with Crippen molar-refractivity contribution in [1.29, 1.82) is 0 Å². The summed E-state index contributed by atoms with van der Waals surface area (Å²) in [4.78, 5) is 11.8. The normalized spacial score (nSPS) is 12.2. The first-order valence-electron chi connectivity index (χ1n) is 8.10. The summed E-state index contributed by atoms with van der Waals surface area (Å²) in [5, 5.41) is 3.47. The quantitative estimate of drug-likeness (QED) is 0.389. The second kappa shape index (κ2) is 5.51. The minimum absolute atomic E-state index is 1.02. The second-order valence-corrected chi connectivity index (χ2v) is 8.37. The number of rotatable bonds is 2. The van der Waals surface area contributed by atoms with Crippen molar-refractivity contribution in [3.63, 3.8) is 0 Å². The number of thiazole rings is 2. The van der Waals surface area contributed by atoms with E-state index in [1.807, 2.05) is 0 Å². The van der Waals surface area contributed by atoms with Crippen molar-refractivity contribution in [2.75, 3.05) is 0 Å². The average molecular weight is 361 g/mol. The van der Waals surface area contributed by atoms with E-state index in [1.54, 1.807) is 22.7 Å². The minimum atomic E-state index is 1.02. The van der Waals surface area contributed by atoms with Gasteiger partial charge in [-0.3, -0.25) is 4.40 Å². The maximum absolute atomic E-state index is 4.86. The Morgan fingerprint density at radius 2 is 1.84 bits per heavy atom. The van der Waals surface area contributed by atoms with E-state index in [4.69, 9.17) is 4.98 Å². The van der Waals surface area contributed by atoms with Crippen molar-refractivity contribution < 1.29 is 0 Å². The molecular weight excluding hydrogens is 346 g/mol. The highest BCUT2D eigenvalue weighted by atomic mass is 32.1. The summed E-state index contributed by atoms with van der Waals surface area (Å²) in [5.74, 6) is 0. The molecular formula is C20H15N3S2. The molecule has 0 aliphatic rings. The topological polar surface area (TPSA) is 30.2 Å². The summed E-state index contributed by atoms with van der Waals surface area (Å²) in [6.45, 7) is 4.17. The molecule has 5 rings (SSSR count). The molecule has 0 atom stereocenters. The lowest BCUT2D eigenvalue weighted by Crippen LogP contribution is -1.83. The molecule has 0 amide bonds. The number of imidazole rings is 1. The van der Waals surface area contributed by atoms with E-state index in [2.05, 4.69) is 78.0 Å². The van der Waals surface area contributed by atoms with Crippen LogP contribution in [0.4, 0.5) is 0 Å². The van der Waals surface area contributed by atoms with Gasteiger partial charge in [0.25, 0.3) is 0 Å². The Morgan fingerprint density at radius 1 is 0.960 bits per heavy atom. The lowest BCUT2D eigenvalue weighted by Gasteiger charge is -1.96. The molecule has 0 bridgehead atoms. The number of hydrogen-bond donors (Lipinski definition) is 0. The van der Waals surface area contributed by atoms with E-state index in [0.717, 1.165) is 26.9 Å². The van der Waals surface area contributed by atoms with E-state index >= 15 is 0 Å². The van der Waals surface area contributed by atoms with Crippen molar-refractivity contribution in [3.8, 4) is 0 Å². The first-order chi connectivity index (χ1) is 12.2. The lowest BCUT2D eigenvalue weighted by atomic mass is 10.1. The summed E-state index contributed by atoms with van der Waals surface area (Å²) in [6.07, 6.45) is 6.37. The minimum Gasteiger partial charge on any atom is -0.290 e. The predicted octanol–water partition coefficient (Wildman–Crippen LogP) is 5.95. The highest BCUT2D eigenvalue weighted by molar-refractivity contribution is 7.19. The van der Waals surface area contributed by atoms with Gasteiger partial charge in [0.15, 0.2) is 4.96 Å². The number of aryl methyl sites for hydroxylation is 2. The highest BCUT2D eigenvalue weighted by Crippen LogP contribution is 2.30. The Bertz CT molecular complexity index is 1270. The van der Waals surface area contributed by atoms with Crippen molar-refractivity contribution in [3.05, 3.63) is 63.9 Å². The molecule has 0 N–H and O–H groups in total. The van der Waals surface area contributed by atoms with Gasteiger partial charge in [0.1, 0.15) is 5.01 Å². The van der Waals surface area contributed by atoms with E-state index in [1.165, 1.54) is 20.3 Å². The number of benzene rings is 2. The maximum atomic E-state index is 4.86. The van der Waals surface area contributed by atoms with Gasteiger partial charge in [-0.1, -0.05) is 30.3 Å². The molecule has 0 unspecified atom stereocenters. The van der Waals surface area contributed by atoms with Crippen LogP contribution in [0.3, 0.4) is 0 Å².